The van der Waals surface area contributed by atoms with Crippen molar-refractivity contribution in [2.75, 3.05) is 6.61 Å². The third-order valence-corrected chi connectivity index (χ3v) is 3.09. The third kappa shape index (κ3) is 3.22. The first-order valence-corrected chi connectivity index (χ1v) is 6.60. The van der Waals surface area contributed by atoms with E-state index in [1.165, 1.54) is 0 Å². The quantitative estimate of drug-likeness (QED) is 0.908. The molecule has 0 fully saturated rings. The molecule has 0 aliphatic rings. The molecule has 0 saturated heterocycles. The number of carbonyl (C=O) groups excluding carboxylic acids is 1. The number of carbonyl (C=O) groups is 1. The first kappa shape index (κ1) is 14.2. The van der Waals surface area contributed by atoms with Crippen molar-refractivity contribution in [2.24, 2.45) is 5.73 Å². The van der Waals surface area contributed by atoms with Crippen LogP contribution in [0.5, 0.6) is 0 Å². The van der Waals surface area contributed by atoms with E-state index >= 15 is 0 Å². The van der Waals surface area contributed by atoms with Gasteiger partial charge in [0, 0.05) is 12.2 Å². The Morgan fingerprint density at radius 2 is 1.95 bits per heavy atom. The van der Waals surface area contributed by atoms with Crippen LogP contribution in [-0.2, 0) is 4.74 Å². The van der Waals surface area contributed by atoms with E-state index < -0.39 is 5.91 Å². The van der Waals surface area contributed by atoms with Crippen LogP contribution in [-0.4, -0.2) is 17.5 Å². The van der Waals surface area contributed by atoms with Crippen LogP contribution in [0.3, 0.4) is 0 Å². The van der Waals surface area contributed by atoms with Crippen molar-refractivity contribution in [1.29, 1.82) is 0 Å². The van der Waals surface area contributed by atoms with Crippen LogP contribution >= 0.6 is 0 Å². The summed E-state index contributed by atoms with van der Waals surface area (Å²) in [4.78, 5) is 15.4. The highest BCUT2D eigenvalue weighted by Crippen LogP contribution is 2.22. The number of ether oxygens (including phenoxy) is 1. The number of primary amides is 1. The van der Waals surface area contributed by atoms with Crippen LogP contribution in [0.1, 0.15) is 36.0 Å². The Kier molecular flexibility index (Phi) is 4.48. The number of nitrogens with two attached hydrogens (primary N) is 1. The molecule has 20 heavy (non-hydrogen) atoms. The second-order valence-corrected chi connectivity index (χ2v) is 4.49. The number of hydrogen-bond donors (Lipinski definition) is 1. The van der Waals surface area contributed by atoms with Crippen molar-refractivity contribution in [2.45, 2.75) is 20.0 Å². The van der Waals surface area contributed by atoms with E-state index in [1.807, 2.05) is 44.2 Å². The van der Waals surface area contributed by atoms with E-state index in [2.05, 4.69) is 4.98 Å². The molecule has 0 bridgehead atoms. The Balaban J connectivity index is 2.26. The summed E-state index contributed by atoms with van der Waals surface area (Å²) in [5.74, 6) is -0.520. The number of amides is 1. The molecule has 1 atom stereocenters. The number of hydrogen-bond acceptors (Lipinski definition) is 3. The predicted molar refractivity (Wildman–Crippen MR) is 78.2 cm³/mol. The molecule has 0 radical (unpaired) electrons. The Morgan fingerprint density at radius 1 is 1.25 bits per heavy atom. The summed E-state index contributed by atoms with van der Waals surface area (Å²) < 4.78 is 5.55. The van der Waals surface area contributed by atoms with Crippen molar-refractivity contribution in [3.8, 4) is 11.3 Å². The minimum absolute atomic E-state index is 0.0685. The fourth-order valence-electron chi connectivity index (χ4n) is 2.00. The van der Waals surface area contributed by atoms with Gasteiger partial charge >= 0.3 is 0 Å². The van der Waals surface area contributed by atoms with E-state index in [4.69, 9.17) is 10.5 Å². The van der Waals surface area contributed by atoms with E-state index in [9.17, 15) is 4.79 Å². The normalized spacial score (nSPS) is 12.1. The maximum absolute atomic E-state index is 11.1. The van der Waals surface area contributed by atoms with Gasteiger partial charge in [-0.05, 0) is 31.5 Å². The molecule has 104 valence electrons. The molecule has 1 aromatic carbocycles. The highest BCUT2D eigenvalue weighted by molar-refractivity contribution is 5.91. The molecule has 1 heterocycles. The Hall–Kier alpha value is -2.20. The van der Waals surface area contributed by atoms with Gasteiger partial charge in [0.15, 0.2) is 0 Å². The van der Waals surface area contributed by atoms with Crippen molar-refractivity contribution in [1.82, 2.24) is 4.98 Å². The molecule has 0 aliphatic heterocycles. The van der Waals surface area contributed by atoms with E-state index in [-0.39, 0.29) is 11.8 Å². The summed E-state index contributed by atoms with van der Waals surface area (Å²) >= 11 is 0. The third-order valence-electron chi connectivity index (χ3n) is 3.09. The van der Waals surface area contributed by atoms with Gasteiger partial charge in [-0.2, -0.15) is 0 Å². The van der Waals surface area contributed by atoms with Gasteiger partial charge in [0.25, 0.3) is 5.91 Å². The van der Waals surface area contributed by atoms with Gasteiger partial charge in [0.2, 0.25) is 0 Å². The maximum Gasteiger partial charge on any atom is 0.267 e. The molecule has 2 aromatic rings. The van der Waals surface area contributed by atoms with E-state index in [0.717, 1.165) is 16.8 Å². The van der Waals surface area contributed by atoms with Gasteiger partial charge in [-0.25, -0.2) is 4.98 Å². The standard InChI is InChI=1S/C16H18N2O2/c1-3-20-11(2)12-7-9-13(10-8-12)14-5-4-6-15(18-14)16(17)19/h4-11H,3H2,1-2H3,(H2,17,19)/t11-/m0/s1. The molecule has 4 nitrogen and oxygen atoms in total. The largest absolute Gasteiger partial charge is 0.374 e. The lowest BCUT2D eigenvalue weighted by molar-refractivity contribution is 0.0764. The zero-order valence-corrected chi connectivity index (χ0v) is 11.7. The molecule has 0 aliphatic carbocycles. The van der Waals surface area contributed by atoms with E-state index in [1.54, 1.807) is 12.1 Å². The van der Waals surface area contributed by atoms with Crippen LogP contribution < -0.4 is 5.73 Å². The van der Waals surface area contributed by atoms with Crippen molar-refractivity contribution < 1.29 is 9.53 Å². The monoisotopic (exact) mass is 270 g/mol. The molecule has 0 unspecified atom stereocenters. The Labute approximate surface area is 118 Å². The van der Waals surface area contributed by atoms with Crippen LogP contribution in [0.15, 0.2) is 42.5 Å². The highest BCUT2D eigenvalue weighted by Gasteiger charge is 2.07. The van der Waals surface area contributed by atoms with Gasteiger partial charge in [0.1, 0.15) is 5.69 Å². The molecule has 0 spiro atoms. The molecular formula is C16H18N2O2. The second kappa shape index (κ2) is 6.30. The molecule has 4 heteroatoms. The van der Waals surface area contributed by atoms with Crippen LogP contribution in [0.25, 0.3) is 11.3 Å². The fraction of sp³-hybridized carbons (Fsp3) is 0.250. The lowest BCUT2D eigenvalue weighted by Crippen LogP contribution is -2.13. The SMILES string of the molecule is CCO[C@@H](C)c1ccc(-c2cccc(C(N)=O)n2)cc1. The topological polar surface area (TPSA) is 65.2 Å². The van der Waals surface area contributed by atoms with Crippen molar-refractivity contribution in [3.05, 3.63) is 53.7 Å². The fourth-order valence-corrected chi connectivity index (χ4v) is 2.00. The molecule has 1 aromatic heterocycles. The van der Waals surface area contributed by atoms with Crippen LogP contribution in [0.2, 0.25) is 0 Å². The first-order valence-electron chi connectivity index (χ1n) is 6.60. The van der Waals surface area contributed by atoms with Gasteiger partial charge in [-0.1, -0.05) is 30.3 Å². The van der Waals surface area contributed by atoms with Gasteiger partial charge in [-0.3, -0.25) is 4.79 Å². The molecule has 2 rings (SSSR count). The second-order valence-electron chi connectivity index (χ2n) is 4.49. The molecule has 0 saturated carbocycles. The number of rotatable bonds is 5. The summed E-state index contributed by atoms with van der Waals surface area (Å²) in [6.07, 6.45) is 0.0685. The van der Waals surface area contributed by atoms with Crippen LogP contribution in [0.4, 0.5) is 0 Å². The molecule has 1 amide bonds. The number of pyridine rings is 1. The number of nitrogens with zero attached hydrogens (tertiary/aromatic N) is 1. The zero-order chi connectivity index (χ0) is 14.5. The highest BCUT2D eigenvalue weighted by atomic mass is 16.5. The smallest absolute Gasteiger partial charge is 0.267 e. The summed E-state index contributed by atoms with van der Waals surface area (Å²) in [5, 5.41) is 0. The van der Waals surface area contributed by atoms with Gasteiger partial charge < -0.3 is 10.5 Å². The van der Waals surface area contributed by atoms with Crippen molar-refractivity contribution >= 4 is 5.91 Å². The minimum Gasteiger partial charge on any atom is -0.374 e. The summed E-state index contributed by atoms with van der Waals surface area (Å²) in [7, 11) is 0. The van der Waals surface area contributed by atoms with Gasteiger partial charge in [0.05, 0.1) is 11.8 Å². The maximum atomic E-state index is 11.1. The summed E-state index contributed by atoms with van der Waals surface area (Å²) in [5.41, 5.74) is 8.30. The summed E-state index contributed by atoms with van der Waals surface area (Å²) in [6.45, 7) is 4.68. The van der Waals surface area contributed by atoms with Crippen LogP contribution in [0, 0.1) is 0 Å². The van der Waals surface area contributed by atoms with Gasteiger partial charge in [-0.15, -0.1) is 0 Å². The molecular weight excluding hydrogens is 252 g/mol. The number of benzene rings is 1. The minimum atomic E-state index is -0.520. The Bertz CT molecular complexity index is 594. The Morgan fingerprint density at radius 3 is 2.55 bits per heavy atom. The van der Waals surface area contributed by atoms with E-state index in [0.29, 0.717) is 6.61 Å². The average molecular weight is 270 g/mol. The lowest BCUT2D eigenvalue weighted by Gasteiger charge is -2.12. The number of aromatic nitrogens is 1. The van der Waals surface area contributed by atoms with Crippen molar-refractivity contribution in [3.63, 3.8) is 0 Å². The first-order chi connectivity index (χ1) is 9.61. The predicted octanol–water partition coefficient (Wildman–Crippen LogP) is 2.95. The summed E-state index contributed by atoms with van der Waals surface area (Å²) in [6, 6.07) is 13.2. The average Bonchev–Trinajstić information content (AvgIpc) is 2.48. The molecule has 2 N–H and O–H groups in total. The lowest BCUT2D eigenvalue weighted by atomic mass is 10.1. The zero-order valence-electron chi connectivity index (χ0n) is 11.7.